The van der Waals surface area contributed by atoms with E-state index in [9.17, 15) is 9.59 Å². The van der Waals surface area contributed by atoms with Crippen LogP contribution in [0.25, 0.3) is 0 Å². The molecule has 0 aliphatic rings. The molecule has 4 nitrogen and oxygen atoms in total. The molecule has 0 heterocycles. The summed E-state index contributed by atoms with van der Waals surface area (Å²) < 4.78 is 0. The molecule has 0 bridgehead atoms. The Morgan fingerprint density at radius 3 is 2.27 bits per heavy atom. The molecule has 0 spiro atoms. The van der Waals surface area contributed by atoms with Gasteiger partial charge in [0, 0.05) is 19.5 Å². The van der Waals surface area contributed by atoms with Crippen LogP contribution in [-0.4, -0.2) is 29.3 Å². The van der Waals surface area contributed by atoms with Crippen molar-refractivity contribution in [2.24, 2.45) is 0 Å². The van der Waals surface area contributed by atoms with Crippen molar-refractivity contribution in [3.8, 4) is 0 Å². The minimum atomic E-state index is -0.587. The summed E-state index contributed by atoms with van der Waals surface area (Å²) in [7, 11) is 0. The van der Waals surface area contributed by atoms with Gasteiger partial charge in [0.05, 0.1) is 6.42 Å². The van der Waals surface area contributed by atoms with E-state index < -0.39 is 6.04 Å². The summed E-state index contributed by atoms with van der Waals surface area (Å²) in [6.07, 6.45) is 1.59. The number of hydrogen-bond acceptors (Lipinski definition) is 2. The molecule has 3 aromatic carbocycles. The Labute approximate surface area is 197 Å². The summed E-state index contributed by atoms with van der Waals surface area (Å²) >= 11 is 0. The molecule has 0 aromatic heterocycles. The van der Waals surface area contributed by atoms with Gasteiger partial charge in [0.25, 0.3) is 0 Å². The third-order valence-corrected chi connectivity index (χ3v) is 5.86. The van der Waals surface area contributed by atoms with Crippen molar-refractivity contribution >= 4 is 11.8 Å². The lowest BCUT2D eigenvalue weighted by atomic mass is 10.00. The molecule has 2 amide bonds. The van der Waals surface area contributed by atoms with Gasteiger partial charge in [-0.2, -0.15) is 0 Å². The molecule has 0 aliphatic heterocycles. The fourth-order valence-corrected chi connectivity index (χ4v) is 4.00. The number of carbonyl (C=O) groups is 2. The van der Waals surface area contributed by atoms with Crippen LogP contribution in [0.3, 0.4) is 0 Å². The van der Waals surface area contributed by atoms with Crippen LogP contribution in [0.1, 0.15) is 41.2 Å². The molecule has 0 saturated heterocycles. The maximum Gasteiger partial charge on any atom is 0.243 e. The number of amides is 2. The predicted octanol–water partition coefficient (Wildman–Crippen LogP) is 5.01. The van der Waals surface area contributed by atoms with Crippen LogP contribution in [0.5, 0.6) is 0 Å². The minimum Gasteiger partial charge on any atom is -0.354 e. The third kappa shape index (κ3) is 7.04. The zero-order valence-corrected chi connectivity index (χ0v) is 19.9. The lowest BCUT2D eigenvalue weighted by molar-refractivity contribution is -0.140. The van der Waals surface area contributed by atoms with Crippen molar-refractivity contribution in [3.05, 3.63) is 107 Å². The van der Waals surface area contributed by atoms with Crippen LogP contribution in [0, 0.1) is 13.8 Å². The first kappa shape index (κ1) is 24.2. The quantitative estimate of drug-likeness (QED) is 0.480. The lowest BCUT2D eigenvalue weighted by Gasteiger charge is -2.32. The molecule has 0 unspecified atom stereocenters. The van der Waals surface area contributed by atoms with Gasteiger partial charge in [-0.05, 0) is 42.5 Å². The van der Waals surface area contributed by atoms with E-state index in [0.29, 0.717) is 19.5 Å². The van der Waals surface area contributed by atoms with Gasteiger partial charge in [-0.3, -0.25) is 9.59 Å². The van der Waals surface area contributed by atoms with Crippen molar-refractivity contribution < 1.29 is 9.59 Å². The van der Waals surface area contributed by atoms with Crippen molar-refractivity contribution in [2.45, 2.75) is 52.6 Å². The Kier molecular flexibility index (Phi) is 8.82. The number of carbonyl (C=O) groups excluding carboxylic acids is 2. The molecular formula is C29H34N2O2. The van der Waals surface area contributed by atoms with Gasteiger partial charge >= 0.3 is 0 Å². The summed E-state index contributed by atoms with van der Waals surface area (Å²) in [5.41, 5.74) is 5.26. The van der Waals surface area contributed by atoms with Gasteiger partial charge in [0.1, 0.15) is 6.04 Å². The van der Waals surface area contributed by atoms with Crippen molar-refractivity contribution in [1.29, 1.82) is 0 Å². The zero-order valence-electron chi connectivity index (χ0n) is 19.9. The van der Waals surface area contributed by atoms with Crippen molar-refractivity contribution in [2.75, 3.05) is 6.54 Å². The molecule has 3 rings (SSSR count). The first-order valence-electron chi connectivity index (χ1n) is 11.7. The highest BCUT2D eigenvalue weighted by Gasteiger charge is 2.30. The molecule has 0 fully saturated rings. The zero-order chi connectivity index (χ0) is 23.6. The average Bonchev–Trinajstić information content (AvgIpc) is 2.82. The van der Waals surface area contributed by atoms with E-state index in [1.54, 1.807) is 4.90 Å². The molecule has 3 aromatic rings. The van der Waals surface area contributed by atoms with Gasteiger partial charge in [-0.1, -0.05) is 91.3 Å². The summed E-state index contributed by atoms with van der Waals surface area (Å²) in [5, 5.41) is 3.03. The smallest absolute Gasteiger partial charge is 0.243 e. The van der Waals surface area contributed by atoms with Crippen LogP contribution in [0.2, 0.25) is 0 Å². The van der Waals surface area contributed by atoms with Gasteiger partial charge in [-0.15, -0.1) is 0 Å². The highest BCUT2D eigenvalue weighted by molar-refractivity contribution is 5.89. The second-order valence-electron chi connectivity index (χ2n) is 8.61. The molecule has 1 N–H and O–H groups in total. The maximum absolute atomic E-state index is 13.7. The molecule has 33 heavy (non-hydrogen) atoms. The molecule has 1 atom stereocenters. The van der Waals surface area contributed by atoms with Gasteiger partial charge in [0.15, 0.2) is 0 Å². The lowest BCUT2D eigenvalue weighted by Crippen LogP contribution is -2.51. The normalized spacial score (nSPS) is 11.6. The van der Waals surface area contributed by atoms with E-state index in [1.165, 1.54) is 0 Å². The standard InChI is InChI=1S/C29H34N2O2/c1-4-17-30-29(33)27(19-24-13-6-5-7-14-24)31(21-25-15-10-11-22(2)18-25)28(32)20-26-16-9-8-12-23(26)3/h5-16,18,27H,4,17,19-21H2,1-3H3,(H,30,33)/t27-/m1/s1. The largest absolute Gasteiger partial charge is 0.354 e. The van der Waals surface area contributed by atoms with Gasteiger partial charge in [-0.25, -0.2) is 0 Å². The minimum absolute atomic E-state index is 0.0432. The van der Waals surface area contributed by atoms with E-state index in [-0.39, 0.29) is 18.2 Å². The number of hydrogen-bond donors (Lipinski definition) is 1. The molecule has 0 radical (unpaired) electrons. The van der Waals surface area contributed by atoms with E-state index >= 15 is 0 Å². The average molecular weight is 443 g/mol. The number of aryl methyl sites for hydroxylation is 2. The SMILES string of the molecule is CCCNC(=O)[C@@H](Cc1ccccc1)N(Cc1cccc(C)c1)C(=O)Cc1ccccc1C. The number of benzene rings is 3. The Morgan fingerprint density at radius 2 is 1.58 bits per heavy atom. The summed E-state index contributed by atoms with van der Waals surface area (Å²) in [6.45, 7) is 7.07. The Hall–Kier alpha value is -3.40. The first-order valence-corrected chi connectivity index (χ1v) is 11.7. The molecule has 0 aliphatic carbocycles. The Bertz CT molecular complexity index is 1060. The predicted molar refractivity (Wildman–Crippen MR) is 134 cm³/mol. The number of rotatable bonds is 10. The van der Waals surface area contributed by atoms with Crippen LogP contribution >= 0.6 is 0 Å². The summed E-state index contributed by atoms with van der Waals surface area (Å²) in [5.74, 6) is -0.148. The van der Waals surface area contributed by atoms with Gasteiger partial charge in [0.2, 0.25) is 11.8 Å². The first-order chi connectivity index (χ1) is 16.0. The van der Waals surface area contributed by atoms with Crippen LogP contribution < -0.4 is 5.32 Å². The monoisotopic (exact) mass is 442 g/mol. The Balaban J connectivity index is 1.96. The van der Waals surface area contributed by atoms with Crippen molar-refractivity contribution in [3.63, 3.8) is 0 Å². The number of nitrogens with one attached hydrogen (secondary N) is 1. The summed E-state index contributed by atoms with van der Waals surface area (Å²) in [4.78, 5) is 28.8. The van der Waals surface area contributed by atoms with E-state index in [1.807, 2.05) is 93.6 Å². The van der Waals surface area contributed by atoms with Crippen molar-refractivity contribution in [1.82, 2.24) is 10.2 Å². The fraction of sp³-hybridized carbons (Fsp3) is 0.310. The molecular weight excluding hydrogens is 408 g/mol. The number of nitrogens with zero attached hydrogens (tertiary/aromatic N) is 1. The van der Waals surface area contributed by atoms with Crippen LogP contribution in [0.4, 0.5) is 0 Å². The molecule has 0 saturated carbocycles. The fourth-order valence-electron chi connectivity index (χ4n) is 4.00. The van der Waals surface area contributed by atoms with E-state index in [0.717, 1.165) is 34.2 Å². The Morgan fingerprint density at radius 1 is 0.879 bits per heavy atom. The topological polar surface area (TPSA) is 49.4 Å². The second kappa shape index (κ2) is 12.0. The summed E-state index contributed by atoms with van der Waals surface area (Å²) in [6, 6.07) is 25.4. The van der Waals surface area contributed by atoms with Gasteiger partial charge < -0.3 is 10.2 Å². The van der Waals surface area contributed by atoms with E-state index in [4.69, 9.17) is 0 Å². The molecule has 172 valence electrons. The van der Waals surface area contributed by atoms with Crippen LogP contribution in [0.15, 0.2) is 78.9 Å². The van der Waals surface area contributed by atoms with Crippen LogP contribution in [-0.2, 0) is 29.0 Å². The highest BCUT2D eigenvalue weighted by Crippen LogP contribution is 2.18. The maximum atomic E-state index is 13.7. The van der Waals surface area contributed by atoms with E-state index in [2.05, 4.69) is 11.4 Å². The highest BCUT2D eigenvalue weighted by atomic mass is 16.2. The molecule has 4 heteroatoms. The third-order valence-electron chi connectivity index (χ3n) is 5.86. The second-order valence-corrected chi connectivity index (χ2v) is 8.61.